The van der Waals surface area contributed by atoms with Gasteiger partial charge in [0.1, 0.15) is 11.9 Å². The first kappa shape index (κ1) is 19.4. The molecule has 0 saturated carbocycles. The minimum Gasteiger partial charge on any atom is -0.485 e. The average molecular weight is 374 g/mol. The summed E-state index contributed by atoms with van der Waals surface area (Å²) < 4.78 is 6.49. The second-order valence-corrected chi connectivity index (χ2v) is 8.00. The van der Waals surface area contributed by atoms with Crippen molar-refractivity contribution in [1.29, 1.82) is 0 Å². The molecule has 1 aliphatic rings. The lowest BCUT2D eigenvalue weighted by Crippen LogP contribution is -2.45. The lowest BCUT2D eigenvalue weighted by molar-refractivity contribution is 0.154. The molecule has 142 valence electrons. The Morgan fingerprint density at radius 2 is 1.92 bits per heavy atom. The molecular weight excluding hydrogens is 342 g/mol. The number of likely N-dealkylation sites (N-methyl/N-ethyl adjacent to an activating group) is 1. The summed E-state index contributed by atoms with van der Waals surface area (Å²) in [5.41, 5.74) is 1.32. The van der Waals surface area contributed by atoms with Gasteiger partial charge in [0, 0.05) is 44.0 Å². The number of hydrogen-bond donors (Lipinski definition) is 1. The molecule has 1 fully saturated rings. The number of rotatable bonds is 9. The van der Waals surface area contributed by atoms with E-state index in [0.717, 1.165) is 31.7 Å². The Labute approximate surface area is 161 Å². The van der Waals surface area contributed by atoms with E-state index >= 15 is 0 Å². The van der Waals surface area contributed by atoms with Crippen LogP contribution in [0.2, 0.25) is 0 Å². The van der Waals surface area contributed by atoms with Crippen molar-refractivity contribution >= 4 is 11.3 Å². The second kappa shape index (κ2) is 10.1. The Bertz CT molecular complexity index is 638. The van der Waals surface area contributed by atoms with Gasteiger partial charge in [0.05, 0.1) is 0 Å². The number of ether oxygens (including phenoxy) is 1. The normalized spacial score (nSPS) is 17.3. The summed E-state index contributed by atoms with van der Waals surface area (Å²) >= 11 is 1.78. The lowest BCUT2D eigenvalue weighted by atomic mass is 10.1. The van der Waals surface area contributed by atoms with Crippen LogP contribution in [0.3, 0.4) is 0 Å². The highest BCUT2D eigenvalue weighted by atomic mass is 32.1. The fraction of sp³-hybridized carbons (Fsp3) is 0.524. The van der Waals surface area contributed by atoms with Crippen LogP contribution in [0.4, 0.5) is 0 Å². The zero-order valence-electron chi connectivity index (χ0n) is 16.0. The summed E-state index contributed by atoms with van der Waals surface area (Å²) in [5, 5.41) is 5.38. The van der Waals surface area contributed by atoms with Crippen LogP contribution in [0.5, 0.6) is 5.75 Å². The van der Waals surface area contributed by atoms with Crippen molar-refractivity contribution in [3.63, 3.8) is 0 Å². The van der Waals surface area contributed by atoms with Crippen LogP contribution in [0, 0.1) is 0 Å². The Hall–Kier alpha value is -1.40. The van der Waals surface area contributed by atoms with E-state index in [2.05, 4.69) is 63.9 Å². The van der Waals surface area contributed by atoms with E-state index in [1.807, 2.05) is 7.05 Å². The van der Waals surface area contributed by atoms with Crippen LogP contribution in [0.1, 0.15) is 23.0 Å². The molecule has 1 saturated heterocycles. The van der Waals surface area contributed by atoms with Gasteiger partial charge < -0.3 is 19.9 Å². The molecule has 1 N–H and O–H groups in total. The maximum atomic E-state index is 6.49. The van der Waals surface area contributed by atoms with E-state index < -0.39 is 0 Å². The maximum Gasteiger partial charge on any atom is 0.134 e. The van der Waals surface area contributed by atoms with E-state index in [-0.39, 0.29) is 6.10 Å². The second-order valence-electron chi connectivity index (χ2n) is 7.02. The average Bonchev–Trinajstić information content (AvgIpc) is 3.20. The first-order valence-electron chi connectivity index (χ1n) is 9.59. The standard InChI is InChI=1S/C21H31N3OS/c1-22-11-9-20(21-8-5-17-26-21)25-19-7-4-3-6-18(19)10-12-24-15-13-23(2)14-16-24/h3-8,17,20,22H,9-16H2,1-2H3/t20-/m1/s1. The monoisotopic (exact) mass is 373 g/mol. The molecule has 0 bridgehead atoms. The molecule has 3 rings (SSSR count). The fourth-order valence-corrected chi connectivity index (χ4v) is 4.13. The van der Waals surface area contributed by atoms with Crippen LogP contribution >= 0.6 is 11.3 Å². The molecule has 2 heterocycles. The highest BCUT2D eigenvalue weighted by Gasteiger charge is 2.17. The number of thiophene rings is 1. The molecule has 0 unspecified atom stereocenters. The molecule has 4 nitrogen and oxygen atoms in total. The van der Waals surface area contributed by atoms with Crippen LogP contribution in [-0.2, 0) is 6.42 Å². The zero-order valence-corrected chi connectivity index (χ0v) is 16.8. The van der Waals surface area contributed by atoms with E-state index in [1.165, 1.54) is 36.6 Å². The lowest BCUT2D eigenvalue weighted by Gasteiger charge is -2.32. The van der Waals surface area contributed by atoms with E-state index in [4.69, 9.17) is 4.74 Å². The predicted octanol–water partition coefficient (Wildman–Crippen LogP) is 3.27. The molecule has 1 atom stereocenters. The predicted molar refractivity (Wildman–Crippen MR) is 110 cm³/mol. The van der Waals surface area contributed by atoms with Gasteiger partial charge in [0.15, 0.2) is 0 Å². The number of piperazine rings is 1. The van der Waals surface area contributed by atoms with Gasteiger partial charge in [0.2, 0.25) is 0 Å². The van der Waals surface area contributed by atoms with Gasteiger partial charge in [-0.05, 0) is 50.1 Å². The van der Waals surface area contributed by atoms with Crippen LogP contribution in [0.25, 0.3) is 0 Å². The minimum absolute atomic E-state index is 0.118. The molecule has 0 spiro atoms. The Kier molecular flexibility index (Phi) is 7.50. The van der Waals surface area contributed by atoms with Gasteiger partial charge in [-0.25, -0.2) is 0 Å². The van der Waals surface area contributed by atoms with Crippen molar-refractivity contribution in [2.45, 2.75) is 18.9 Å². The van der Waals surface area contributed by atoms with Gasteiger partial charge >= 0.3 is 0 Å². The minimum atomic E-state index is 0.118. The van der Waals surface area contributed by atoms with Crippen LogP contribution in [-0.4, -0.2) is 63.2 Å². The number of nitrogens with one attached hydrogen (secondary N) is 1. The Balaban J connectivity index is 1.63. The van der Waals surface area contributed by atoms with Crippen LogP contribution < -0.4 is 10.1 Å². The van der Waals surface area contributed by atoms with Crippen molar-refractivity contribution in [3.05, 3.63) is 52.2 Å². The summed E-state index contributed by atoms with van der Waals surface area (Å²) in [5.74, 6) is 1.04. The highest BCUT2D eigenvalue weighted by Crippen LogP contribution is 2.30. The summed E-state index contributed by atoms with van der Waals surface area (Å²) in [4.78, 5) is 6.27. The largest absolute Gasteiger partial charge is 0.485 e. The van der Waals surface area contributed by atoms with Crippen LogP contribution in [0.15, 0.2) is 41.8 Å². The van der Waals surface area contributed by atoms with E-state index in [1.54, 1.807) is 11.3 Å². The summed E-state index contributed by atoms with van der Waals surface area (Å²) in [6.07, 6.45) is 2.14. The topological polar surface area (TPSA) is 27.7 Å². The maximum absolute atomic E-state index is 6.49. The van der Waals surface area contributed by atoms with Crippen molar-refractivity contribution in [2.24, 2.45) is 0 Å². The van der Waals surface area contributed by atoms with Crippen molar-refractivity contribution in [2.75, 3.05) is 53.4 Å². The SMILES string of the molecule is CNCC[C@@H](Oc1ccccc1CCN1CCN(C)CC1)c1cccs1. The molecule has 2 aromatic rings. The highest BCUT2D eigenvalue weighted by molar-refractivity contribution is 7.10. The summed E-state index contributed by atoms with van der Waals surface area (Å²) in [6, 6.07) is 12.8. The molecular formula is C21H31N3OS. The van der Waals surface area contributed by atoms with Gasteiger partial charge in [0.25, 0.3) is 0 Å². The Morgan fingerprint density at radius 3 is 2.65 bits per heavy atom. The Morgan fingerprint density at radius 1 is 1.12 bits per heavy atom. The molecule has 0 radical (unpaired) electrons. The van der Waals surface area contributed by atoms with Crippen molar-refractivity contribution in [3.8, 4) is 5.75 Å². The third kappa shape index (κ3) is 5.55. The van der Waals surface area contributed by atoms with Gasteiger partial charge in [-0.2, -0.15) is 0 Å². The zero-order chi connectivity index (χ0) is 18.2. The number of benzene rings is 1. The van der Waals surface area contributed by atoms with Crippen molar-refractivity contribution < 1.29 is 4.74 Å². The first-order valence-corrected chi connectivity index (χ1v) is 10.5. The third-order valence-corrected chi connectivity index (χ3v) is 6.02. The van der Waals surface area contributed by atoms with Gasteiger partial charge in [-0.3, -0.25) is 0 Å². The third-order valence-electron chi connectivity index (χ3n) is 5.05. The molecule has 0 aliphatic carbocycles. The molecule has 1 aromatic carbocycles. The van der Waals surface area contributed by atoms with Gasteiger partial charge in [-0.1, -0.05) is 24.3 Å². The molecule has 5 heteroatoms. The van der Waals surface area contributed by atoms with E-state index in [0.29, 0.717) is 0 Å². The number of nitrogens with zero attached hydrogens (tertiary/aromatic N) is 2. The van der Waals surface area contributed by atoms with Crippen molar-refractivity contribution in [1.82, 2.24) is 15.1 Å². The first-order chi connectivity index (χ1) is 12.8. The molecule has 1 aromatic heterocycles. The smallest absolute Gasteiger partial charge is 0.134 e. The number of para-hydroxylation sites is 1. The van der Waals surface area contributed by atoms with Gasteiger partial charge in [-0.15, -0.1) is 11.3 Å². The summed E-state index contributed by atoms with van der Waals surface area (Å²) in [7, 11) is 4.20. The molecule has 26 heavy (non-hydrogen) atoms. The molecule has 0 amide bonds. The molecule has 1 aliphatic heterocycles. The van der Waals surface area contributed by atoms with E-state index in [9.17, 15) is 0 Å². The fourth-order valence-electron chi connectivity index (χ4n) is 3.34. The summed E-state index contributed by atoms with van der Waals surface area (Å²) in [6.45, 7) is 6.73. The quantitative estimate of drug-likeness (QED) is 0.730. The number of hydrogen-bond acceptors (Lipinski definition) is 5.